The Bertz CT molecular complexity index is 947. The van der Waals surface area contributed by atoms with Gasteiger partial charge in [-0.3, -0.25) is 4.79 Å². The van der Waals surface area contributed by atoms with Gasteiger partial charge in [-0.05, 0) is 37.3 Å². The highest BCUT2D eigenvalue weighted by Gasteiger charge is 2.32. The van der Waals surface area contributed by atoms with Crippen LogP contribution in [-0.2, 0) is 12.0 Å². The molecule has 1 aliphatic carbocycles. The van der Waals surface area contributed by atoms with Crippen LogP contribution in [0.25, 0.3) is 0 Å². The average molecular weight is 361 g/mol. The second kappa shape index (κ2) is 7.08. The van der Waals surface area contributed by atoms with Gasteiger partial charge in [0.05, 0.1) is 11.5 Å². The standard InChI is InChI=1S/C22H23N3O2/c1-22(23,14-15-8-3-2-4-9-15)21-25-24-20(27-21)18-12-7-13-19(26)17-11-6-5-10-16(17)18/h2-6,8-11,18H,7,12-14,23H2,1H3/t18?,22-/m0/s1. The number of nitrogens with two attached hydrogens (primary N) is 1. The van der Waals surface area contributed by atoms with Gasteiger partial charge in [-0.15, -0.1) is 10.2 Å². The van der Waals surface area contributed by atoms with Crippen LogP contribution >= 0.6 is 0 Å². The van der Waals surface area contributed by atoms with Crippen LogP contribution in [0.3, 0.4) is 0 Å². The molecule has 1 aliphatic rings. The number of aromatic nitrogens is 2. The molecule has 3 aromatic rings. The lowest BCUT2D eigenvalue weighted by Crippen LogP contribution is -2.35. The van der Waals surface area contributed by atoms with Gasteiger partial charge in [0, 0.05) is 12.0 Å². The molecule has 4 rings (SSSR count). The van der Waals surface area contributed by atoms with Gasteiger partial charge in [-0.2, -0.15) is 0 Å². The maximum absolute atomic E-state index is 12.4. The molecule has 1 unspecified atom stereocenters. The zero-order chi connectivity index (χ0) is 18.9. The first kappa shape index (κ1) is 17.6. The fourth-order valence-corrected chi connectivity index (χ4v) is 3.77. The molecule has 138 valence electrons. The predicted octanol–water partition coefficient (Wildman–Crippen LogP) is 3.98. The molecule has 5 nitrogen and oxygen atoms in total. The number of ketones is 1. The van der Waals surface area contributed by atoms with Crippen LogP contribution in [-0.4, -0.2) is 16.0 Å². The fraction of sp³-hybridized carbons (Fsp3) is 0.318. The highest BCUT2D eigenvalue weighted by Crippen LogP contribution is 2.36. The van der Waals surface area contributed by atoms with Gasteiger partial charge in [0.25, 0.3) is 0 Å². The summed E-state index contributed by atoms with van der Waals surface area (Å²) < 4.78 is 6.05. The Labute approximate surface area is 158 Å². The Morgan fingerprint density at radius 3 is 2.67 bits per heavy atom. The molecule has 27 heavy (non-hydrogen) atoms. The lowest BCUT2D eigenvalue weighted by Gasteiger charge is -2.20. The number of hydrogen-bond donors (Lipinski definition) is 1. The molecular weight excluding hydrogens is 338 g/mol. The van der Waals surface area contributed by atoms with E-state index in [0.29, 0.717) is 24.6 Å². The third-order valence-corrected chi connectivity index (χ3v) is 5.17. The molecule has 0 spiro atoms. The summed E-state index contributed by atoms with van der Waals surface area (Å²) in [6.45, 7) is 1.90. The monoisotopic (exact) mass is 361 g/mol. The highest BCUT2D eigenvalue weighted by atomic mass is 16.4. The van der Waals surface area contributed by atoms with E-state index in [2.05, 4.69) is 10.2 Å². The number of carbonyl (C=O) groups excluding carboxylic acids is 1. The van der Waals surface area contributed by atoms with Gasteiger partial charge < -0.3 is 10.2 Å². The SMILES string of the molecule is C[C@](N)(Cc1ccccc1)c1nnc(C2CCCC(=O)c3ccccc32)o1. The number of nitrogens with zero attached hydrogens (tertiary/aromatic N) is 2. The number of carbonyl (C=O) groups is 1. The van der Waals surface area contributed by atoms with E-state index >= 15 is 0 Å². The van der Waals surface area contributed by atoms with E-state index in [9.17, 15) is 4.79 Å². The maximum atomic E-state index is 12.4. The first-order valence-electron chi connectivity index (χ1n) is 9.33. The first-order valence-corrected chi connectivity index (χ1v) is 9.33. The van der Waals surface area contributed by atoms with E-state index in [1.54, 1.807) is 0 Å². The number of hydrogen-bond acceptors (Lipinski definition) is 5. The molecule has 1 heterocycles. The molecule has 0 aliphatic heterocycles. The van der Waals surface area contributed by atoms with Gasteiger partial charge in [0.15, 0.2) is 5.78 Å². The first-order chi connectivity index (χ1) is 13.0. The van der Waals surface area contributed by atoms with Crippen molar-refractivity contribution >= 4 is 5.78 Å². The lowest BCUT2D eigenvalue weighted by molar-refractivity contribution is 0.0982. The van der Waals surface area contributed by atoms with Gasteiger partial charge in [0.1, 0.15) is 0 Å². The molecule has 0 radical (unpaired) electrons. The van der Waals surface area contributed by atoms with Gasteiger partial charge in [0.2, 0.25) is 11.8 Å². The fourth-order valence-electron chi connectivity index (χ4n) is 3.77. The third-order valence-electron chi connectivity index (χ3n) is 5.17. The van der Waals surface area contributed by atoms with Crippen molar-refractivity contribution in [3.63, 3.8) is 0 Å². The van der Waals surface area contributed by atoms with E-state index in [1.807, 2.05) is 61.5 Å². The summed E-state index contributed by atoms with van der Waals surface area (Å²) >= 11 is 0. The van der Waals surface area contributed by atoms with Crippen molar-refractivity contribution in [3.05, 3.63) is 83.1 Å². The minimum Gasteiger partial charge on any atom is -0.423 e. The second-order valence-corrected chi connectivity index (χ2v) is 7.48. The summed E-state index contributed by atoms with van der Waals surface area (Å²) in [4.78, 5) is 12.4. The predicted molar refractivity (Wildman–Crippen MR) is 102 cm³/mol. The quantitative estimate of drug-likeness (QED) is 0.711. The highest BCUT2D eigenvalue weighted by molar-refractivity contribution is 5.98. The summed E-state index contributed by atoms with van der Waals surface area (Å²) in [7, 11) is 0. The van der Waals surface area contributed by atoms with Crippen LogP contribution in [0.15, 0.2) is 59.0 Å². The molecule has 0 amide bonds. The minimum atomic E-state index is -0.757. The zero-order valence-corrected chi connectivity index (χ0v) is 15.4. The molecule has 2 aromatic carbocycles. The Hall–Kier alpha value is -2.79. The second-order valence-electron chi connectivity index (χ2n) is 7.48. The number of Topliss-reactive ketones (excluding diaryl/α,β-unsaturated/α-hetero) is 1. The number of benzene rings is 2. The van der Waals surface area contributed by atoms with Gasteiger partial charge in [-0.25, -0.2) is 0 Å². The summed E-state index contributed by atoms with van der Waals surface area (Å²) in [6, 6.07) is 17.8. The molecule has 1 aromatic heterocycles. The smallest absolute Gasteiger partial charge is 0.236 e. The molecule has 2 atom stereocenters. The van der Waals surface area contributed by atoms with Crippen LogP contribution in [0, 0.1) is 0 Å². The number of rotatable bonds is 4. The Kier molecular flexibility index (Phi) is 4.62. The van der Waals surface area contributed by atoms with E-state index in [-0.39, 0.29) is 11.7 Å². The summed E-state index contributed by atoms with van der Waals surface area (Å²) in [5.41, 5.74) is 8.60. The minimum absolute atomic E-state index is 0.0681. The van der Waals surface area contributed by atoms with Crippen LogP contribution in [0.5, 0.6) is 0 Å². The van der Waals surface area contributed by atoms with Crippen LogP contribution in [0.4, 0.5) is 0 Å². The van der Waals surface area contributed by atoms with E-state index in [0.717, 1.165) is 29.5 Å². The largest absolute Gasteiger partial charge is 0.423 e. The average Bonchev–Trinajstić information content (AvgIpc) is 3.10. The molecule has 0 bridgehead atoms. The van der Waals surface area contributed by atoms with E-state index in [1.165, 1.54) is 0 Å². The molecule has 2 N–H and O–H groups in total. The zero-order valence-electron chi connectivity index (χ0n) is 15.4. The Balaban J connectivity index is 1.64. The lowest BCUT2D eigenvalue weighted by atomic mass is 9.92. The maximum Gasteiger partial charge on any atom is 0.236 e. The van der Waals surface area contributed by atoms with Crippen molar-refractivity contribution in [2.24, 2.45) is 5.73 Å². The van der Waals surface area contributed by atoms with Crippen molar-refractivity contribution < 1.29 is 9.21 Å². The van der Waals surface area contributed by atoms with Crippen LogP contribution in [0.1, 0.15) is 65.4 Å². The van der Waals surface area contributed by atoms with E-state index < -0.39 is 5.54 Å². The van der Waals surface area contributed by atoms with Crippen molar-refractivity contribution in [2.75, 3.05) is 0 Å². The molecule has 0 saturated heterocycles. The number of fused-ring (bicyclic) bond motifs is 1. The normalized spacial score (nSPS) is 19.2. The molecule has 5 heteroatoms. The molecule has 0 fully saturated rings. The van der Waals surface area contributed by atoms with Crippen molar-refractivity contribution in [1.29, 1.82) is 0 Å². The van der Waals surface area contributed by atoms with Gasteiger partial charge in [-0.1, -0.05) is 54.6 Å². The Morgan fingerprint density at radius 2 is 1.85 bits per heavy atom. The molecule has 0 saturated carbocycles. The summed E-state index contributed by atoms with van der Waals surface area (Å²) in [5, 5.41) is 8.56. The Morgan fingerprint density at radius 1 is 1.11 bits per heavy atom. The van der Waals surface area contributed by atoms with Crippen LogP contribution < -0.4 is 5.73 Å². The summed E-state index contributed by atoms with van der Waals surface area (Å²) in [5.74, 6) is 1.08. The third kappa shape index (κ3) is 3.55. The van der Waals surface area contributed by atoms with E-state index in [4.69, 9.17) is 10.2 Å². The van der Waals surface area contributed by atoms with Crippen molar-refractivity contribution in [1.82, 2.24) is 10.2 Å². The van der Waals surface area contributed by atoms with Crippen molar-refractivity contribution in [3.8, 4) is 0 Å². The van der Waals surface area contributed by atoms with Gasteiger partial charge >= 0.3 is 0 Å². The van der Waals surface area contributed by atoms with Crippen LogP contribution in [0.2, 0.25) is 0 Å². The summed E-state index contributed by atoms with van der Waals surface area (Å²) in [6.07, 6.45) is 2.77. The van der Waals surface area contributed by atoms with Crippen molar-refractivity contribution in [2.45, 2.75) is 44.1 Å². The topological polar surface area (TPSA) is 82.0 Å². The molecular formula is C22H23N3O2.